The highest BCUT2D eigenvalue weighted by Crippen LogP contribution is 2.19. The monoisotopic (exact) mass is 189 g/mol. The number of nitrogens with zero attached hydrogens (tertiary/aromatic N) is 1. The van der Waals surface area contributed by atoms with E-state index in [0.717, 1.165) is 22.4 Å². The van der Waals surface area contributed by atoms with Gasteiger partial charge < -0.3 is 10.7 Å². The van der Waals surface area contributed by atoms with Gasteiger partial charge in [-0.25, -0.2) is 4.98 Å². The molecule has 0 bridgehead atoms. The maximum atomic E-state index is 11.1. The fourth-order valence-electron chi connectivity index (χ4n) is 1.55. The zero-order valence-electron chi connectivity index (χ0n) is 8.09. The number of nitrogens with one attached hydrogen (secondary N) is 1. The molecule has 0 radical (unpaired) electrons. The number of H-pyrrole nitrogens is 1. The molecule has 0 unspecified atom stereocenters. The summed E-state index contributed by atoms with van der Waals surface area (Å²) in [6, 6.07) is 3.57. The fraction of sp³-hybridized carbons (Fsp3) is 0.200. The van der Waals surface area contributed by atoms with Crippen LogP contribution in [0, 0.1) is 13.8 Å². The Hall–Kier alpha value is -1.84. The first kappa shape index (κ1) is 8.74. The molecule has 0 aliphatic heterocycles. The number of benzene rings is 1. The van der Waals surface area contributed by atoms with E-state index in [1.165, 1.54) is 0 Å². The molecule has 1 amide bonds. The van der Waals surface area contributed by atoms with Crippen LogP contribution in [-0.2, 0) is 0 Å². The van der Waals surface area contributed by atoms with E-state index < -0.39 is 5.91 Å². The Bertz CT molecular complexity index is 513. The zero-order valence-corrected chi connectivity index (χ0v) is 8.09. The van der Waals surface area contributed by atoms with Crippen molar-refractivity contribution in [2.24, 2.45) is 5.73 Å². The quantitative estimate of drug-likeness (QED) is 0.709. The van der Waals surface area contributed by atoms with Gasteiger partial charge in [-0.1, -0.05) is 6.07 Å². The summed E-state index contributed by atoms with van der Waals surface area (Å²) in [7, 11) is 0. The van der Waals surface area contributed by atoms with E-state index in [1.54, 1.807) is 6.07 Å². The molecule has 1 aromatic carbocycles. The number of carbonyl (C=O) groups is 1. The van der Waals surface area contributed by atoms with Crippen LogP contribution in [0.3, 0.4) is 0 Å². The van der Waals surface area contributed by atoms with Crippen molar-refractivity contribution in [3.63, 3.8) is 0 Å². The largest absolute Gasteiger partial charge is 0.366 e. The van der Waals surface area contributed by atoms with Crippen molar-refractivity contribution >= 4 is 16.9 Å². The second-order valence-electron chi connectivity index (χ2n) is 3.34. The molecule has 0 spiro atoms. The molecule has 1 heterocycles. The number of imidazole rings is 1. The van der Waals surface area contributed by atoms with Crippen molar-refractivity contribution in [1.29, 1.82) is 0 Å². The van der Waals surface area contributed by atoms with Gasteiger partial charge in [0.2, 0.25) is 0 Å². The van der Waals surface area contributed by atoms with Crippen LogP contribution in [0.2, 0.25) is 0 Å². The van der Waals surface area contributed by atoms with Gasteiger partial charge in [-0.2, -0.15) is 0 Å². The molecular formula is C10H11N3O. The van der Waals surface area contributed by atoms with Crippen LogP contribution in [0.1, 0.15) is 21.7 Å². The minimum absolute atomic E-state index is 0.432. The Morgan fingerprint density at radius 2 is 2.14 bits per heavy atom. The molecule has 0 aliphatic carbocycles. The predicted octanol–water partition coefficient (Wildman–Crippen LogP) is 1.28. The normalized spacial score (nSPS) is 10.7. The standard InChI is InChI=1S/C10H11N3O/c1-5-3-4-7(10(11)14)9-8(5)12-6(2)13-9/h3-4H,1-2H3,(H2,11,14)(H,12,13). The third-order valence-electron chi connectivity index (χ3n) is 2.23. The molecule has 2 rings (SSSR count). The highest BCUT2D eigenvalue weighted by molar-refractivity contribution is 6.04. The van der Waals surface area contributed by atoms with E-state index in [-0.39, 0.29) is 0 Å². The van der Waals surface area contributed by atoms with Gasteiger partial charge in [0.1, 0.15) is 5.82 Å². The van der Waals surface area contributed by atoms with Gasteiger partial charge in [-0.3, -0.25) is 4.79 Å². The molecule has 3 N–H and O–H groups in total. The highest BCUT2D eigenvalue weighted by Gasteiger charge is 2.11. The van der Waals surface area contributed by atoms with Gasteiger partial charge in [0.05, 0.1) is 16.6 Å². The molecule has 0 aliphatic rings. The van der Waals surface area contributed by atoms with Crippen LogP contribution in [0.5, 0.6) is 0 Å². The number of carbonyl (C=O) groups excluding carboxylic acids is 1. The molecule has 2 aromatic rings. The minimum Gasteiger partial charge on any atom is -0.366 e. The van der Waals surface area contributed by atoms with Crippen molar-refractivity contribution in [3.8, 4) is 0 Å². The van der Waals surface area contributed by atoms with Crippen molar-refractivity contribution in [3.05, 3.63) is 29.1 Å². The molecule has 14 heavy (non-hydrogen) atoms. The minimum atomic E-state index is -0.432. The number of aryl methyl sites for hydroxylation is 2. The van der Waals surface area contributed by atoms with Gasteiger partial charge in [-0.05, 0) is 25.5 Å². The molecule has 0 fully saturated rings. The van der Waals surface area contributed by atoms with E-state index in [1.807, 2.05) is 19.9 Å². The van der Waals surface area contributed by atoms with Crippen molar-refractivity contribution < 1.29 is 4.79 Å². The van der Waals surface area contributed by atoms with E-state index in [9.17, 15) is 4.79 Å². The van der Waals surface area contributed by atoms with Crippen molar-refractivity contribution in [2.75, 3.05) is 0 Å². The van der Waals surface area contributed by atoms with E-state index in [4.69, 9.17) is 5.73 Å². The summed E-state index contributed by atoms with van der Waals surface area (Å²) in [5.41, 5.74) is 8.33. The van der Waals surface area contributed by atoms with Gasteiger partial charge in [-0.15, -0.1) is 0 Å². The van der Waals surface area contributed by atoms with Crippen molar-refractivity contribution in [1.82, 2.24) is 9.97 Å². The second-order valence-corrected chi connectivity index (χ2v) is 3.34. The molecule has 1 aromatic heterocycles. The molecule has 4 heteroatoms. The first-order chi connectivity index (χ1) is 6.59. The highest BCUT2D eigenvalue weighted by atomic mass is 16.1. The van der Waals surface area contributed by atoms with Crippen molar-refractivity contribution in [2.45, 2.75) is 13.8 Å². The lowest BCUT2D eigenvalue weighted by Gasteiger charge is -1.99. The second kappa shape index (κ2) is 2.83. The molecule has 0 saturated heterocycles. The summed E-state index contributed by atoms with van der Waals surface area (Å²) in [6.45, 7) is 3.80. The van der Waals surface area contributed by atoms with Gasteiger partial charge in [0, 0.05) is 0 Å². The maximum Gasteiger partial charge on any atom is 0.250 e. The molecule has 72 valence electrons. The first-order valence-electron chi connectivity index (χ1n) is 4.35. The summed E-state index contributed by atoms with van der Waals surface area (Å²) in [6.07, 6.45) is 0. The summed E-state index contributed by atoms with van der Waals surface area (Å²) in [5.74, 6) is 0.357. The Morgan fingerprint density at radius 3 is 2.79 bits per heavy atom. The van der Waals surface area contributed by atoms with Gasteiger partial charge >= 0.3 is 0 Å². The molecule has 0 saturated carbocycles. The third kappa shape index (κ3) is 1.16. The predicted molar refractivity (Wildman–Crippen MR) is 54.1 cm³/mol. The van der Waals surface area contributed by atoms with Gasteiger partial charge in [0.25, 0.3) is 5.91 Å². The zero-order chi connectivity index (χ0) is 10.3. The number of primary amides is 1. The third-order valence-corrected chi connectivity index (χ3v) is 2.23. The maximum absolute atomic E-state index is 11.1. The number of nitrogens with two attached hydrogens (primary N) is 1. The lowest BCUT2D eigenvalue weighted by atomic mass is 10.1. The van der Waals surface area contributed by atoms with Crippen LogP contribution in [0.15, 0.2) is 12.1 Å². The lowest BCUT2D eigenvalue weighted by Crippen LogP contribution is -2.11. The Labute approximate surface area is 81.1 Å². The number of rotatable bonds is 1. The summed E-state index contributed by atoms with van der Waals surface area (Å²) in [4.78, 5) is 18.4. The fourth-order valence-corrected chi connectivity index (χ4v) is 1.55. The summed E-state index contributed by atoms with van der Waals surface area (Å²) in [5, 5.41) is 0. The number of amides is 1. The Kier molecular flexibility index (Phi) is 1.77. The first-order valence-corrected chi connectivity index (χ1v) is 4.35. The lowest BCUT2D eigenvalue weighted by molar-refractivity contribution is 0.100. The average molecular weight is 189 g/mol. The topological polar surface area (TPSA) is 71.8 Å². The Morgan fingerprint density at radius 1 is 1.43 bits per heavy atom. The number of aromatic amines is 1. The number of fused-ring (bicyclic) bond motifs is 1. The SMILES string of the molecule is Cc1nc2c(C)ccc(C(N)=O)c2[nH]1. The van der Waals surface area contributed by atoms with Gasteiger partial charge in [0.15, 0.2) is 0 Å². The molecule has 0 atom stereocenters. The van der Waals surface area contributed by atoms with E-state index >= 15 is 0 Å². The molecular weight excluding hydrogens is 178 g/mol. The Balaban J connectivity index is 2.87. The number of aromatic nitrogens is 2. The summed E-state index contributed by atoms with van der Waals surface area (Å²) >= 11 is 0. The van der Waals surface area contributed by atoms with E-state index in [2.05, 4.69) is 9.97 Å². The molecule has 4 nitrogen and oxygen atoms in total. The number of hydrogen-bond donors (Lipinski definition) is 2. The van der Waals surface area contributed by atoms with Crippen LogP contribution in [0.4, 0.5) is 0 Å². The summed E-state index contributed by atoms with van der Waals surface area (Å²) < 4.78 is 0. The smallest absolute Gasteiger partial charge is 0.250 e. The number of hydrogen-bond acceptors (Lipinski definition) is 2. The van der Waals surface area contributed by atoms with Crippen LogP contribution < -0.4 is 5.73 Å². The van der Waals surface area contributed by atoms with Crippen LogP contribution in [0.25, 0.3) is 11.0 Å². The van der Waals surface area contributed by atoms with E-state index in [0.29, 0.717) is 5.56 Å². The van der Waals surface area contributed by atoms with Crippen LogP contribution >= 0.6 is 0 Å². The van der Waals surface area contributed by atoms with Crippen LogP contribution in [-0.4, -0.2) is 15.9 Å². The average Bonchev–Trinajstić information content (AvgIpc) is 2.47.